The van der Waals surface area contributed by atoms with Gasteiger partial charge in [-0.2, -0.15) is 0 Å². The number of aromatic nitrogens is 1. The number of halogens is 1. The fraction of sp³-hybridized carbons (Fsp3) is 0.190. The molecule has 0 saturated carbocycles. The molecule has 1 N–H and O–H groups in total. The van der Waals surface area contributed by atoms with Crippen molar-refractivity contribution in [1.82, 2.24) is 4.98 Å². The molecule has 29 heavy (non-hydrogen) atoms. The Balaban J connectivity index is 1.76. The number of ether oxygens (including phenoxy) is 1. The molecule has 0 atom stereocenters. The Labute approximate surface area is 177 Å². The van der Waals surface area contributed by atoms with Crippen LogP contribution in [0.25, 0.3) is 0 Å². The van der Waals surface area contributed by atoms with Gasteiger partial charge in [0.25, 0.3) is 0 Å². The molecular weight excluding hydrogens is 412 g/mol. The maximum Gasteiger partial charge on any atom is 0.342 e. The van der Waals surface area contributed by atoms with E-state index in [2.05, 4.69) is 4.98 Å². The summed E-state index contributed by atoms with van der Waals surface area (Å²) < 4.78 is 5.23. The van der Waals surface area contributed by atoms with Gasteiger partial charge in [0.15, 0.2) is 5.13 Å². The molecule has 2 aromatic carbocycles. The topological polar surface area (TPSA) is 79.7 Å². The Morgan fingerprint density at radius 3 is 2.62 bits per heavy atom. The minimum Gasteiger partial charge on any atom is -0.507 e. The zero-order valence-corrected chi connectivity index (χ0v) is 17.7. The molecule has 0 aliphatic carbocycles. The minimum atomic E-state index is -0.688. The fourth-order valence-electron chi connectivity index (χ4n) is 2.82. The van der Waals surface area contributed by atoms with Crippen LogP contribution >= 0.6 is 22.9 Å². The van der Waals surface area contributed by atoms with Crippen molar-refractivity contribution in [3.8, 4) is 5.75 Å². The summed E-state index contributed by atoms with van der Waals surface area (Å²) in [6, 6.07) is 9.98. The summed E-state index contributed by atoms with van der Waals surface area (Å²) >= 11 is 7.05. The lowest BCUT2D eigenvalue weighted by atomic mass is 10.1. The predicted octanol–water partition coefficient (Wildman–Crippen LogP) is 5.16. The van der Waals surface area contributed by atoms with E-state index in [-0.39, 0.29) is 23.8 Å². The van der Waals surface area contributed by atoms with Crippen LogP contribution < -0.4 is 4.90 Å². The maximum atomic E-state index is 12.3. The van der Waals surface area contributed by atoms with Crippen molar-refractivity contribution in [2.24, 2.45) is 0 Å². The van der Waals surface area contributed by atoms with Crippen LogP contribution in [0.5, 0.6) is 5.75 Å². The summed E-state index contributed by atoms with van der Waals surface area (Å²) in [7, 11) is 0. The van der Waals surface area contributed by atoms with E-state index in [1.165, 1.54) is 41.4 Å². The largest absolute Gasteiger partial charge is 0.507 e. The van der Waals surface area contributed by atoms with E-state index in [0.29, 0.717) is 15.8 Å². The van der Waals surface area contributed by atoms with Crippen LogP contribution in [0.15, 0.2) is 41.8 Å². The van der Waals surface area contributed by atoms with Gasteiger partial charge < -0.3 is 9.84 Å². The van der Waals surface area contributed by atoms with Gasteiger partial charge in [-0.3, -0.25) is 9.69 Å². The Morgan fingerprint density at radius 2 is 1.97 bits per heavy atom. The summed E-state index contributed by atoms with van der Waals surface area (Å²) in [6.07, 6.45) is 0. The molecule has 0 spiro atoms. The van der Waals surface area contributed by atoms with E-state index in [1.807, 2.05) is 32.0 Å². The number of aryl methyl sites for hydroxylation is 2. The number of hydrogen-bond acceptors (Lipinski definition) is 6. The van der Waals surface area contributed by atoms with Crippen molar-refractivity contribution in [1.29, 1.82) is 0 Å². The molecule has 8 heteroatoms. The van der Waals surface area contributed by atoms with Gasteiger partial charge in [-0.05, 0) is 43.7 Å². The minimum absolute atomic E-state index is 0.0190. The molecule has 0 aliphatic rings. The number of anilines is 2. The number of rotatable bonds is 5. The third kappa shape index (κ3) is 4.75. The van der Waals surface area contributed by atoms with Crippen LogP contribution in [0.1, 0.15) is 34.1 Å². The molecule has 0 fully saturated rings. The molecule has 6 nitrogen and oxygen atoms in total. The van der Waals surface area contributed by atoms with E-state index in [9.17, 15) is 14.7 Å². The average molecular weight is 431 g/mol. The van der Waals surface area contributed by atoms with Crippen LogP contribution in [0, 0.1) is 13.8 Å². The summed E-state index contributed by atoms with van der Waals surface area (Å²) in [4.78, 5) is 30.4. The summed E-state index contributed by atoms with van der Waals surface area (Å²) in [5, 5.41) is 12.4. The van der Waals surface area contributed by atoms with E-state index < -0.39 is 5.97 Å². The quantitative estimate of drug-likeness (QED) is 0.565. The number of phenols is 1. The fourth-order valence-corrected chi connectivity index (χ4v) is 3.85. The SMILES string of the molecule is CC(=O)N(c1nc(COC(=O)c2ccc(Cl)cc2O)cs1)c1ccc(C)cc1C. The molecule has 3 rings (SSSR count). The van der Waals surface area contributed by atoms with Gasteiger partial charge >= 0.3 is 5.97 Å². The number of benzene rings is 2. The lowest BCUT2D eigenvalue weighted by molar-refractivity contribution is -0.115. The predicted molar refractivity (Wildman–Crippen MR) is 113 cm³/mol. The number of hydrogen-bond donors (Lipinski definition) is 1. The number of esters is 1. The second-order valence-electron chi connectivity index (χ2n) is 6.50. The molecular formula is C21H19ClN2O4S. The first-order chi connectivity index (χ1) is 13.8. The van der Waals surface area contributed by atoms with Crippen molar-refractivity contribution in [2.75, 3.05) is 4.90 Å². The van der Waals surface area contributed by atoms with Gasteiger partial charge in [0, 0.05) is 17.3 Å². The zero-order chi connectivity index (χ0) is 21.1. The van der Waals surface area contributed by atoms with Crippen molar-refractivity contribution >= 4 is 45.6 Å². The number of phenolic OH excluding ortho intramolecular Hbond substituents is 1. The van der Waals surface area contributed by atoms with Crippen LogP contribution in [0.2, 0.25) is 5.02 Å². The highest BCUT2D eigenvalue weighted by molar-refractivity contribution is 7.14. The Morgan fingerprint density at radius 1 is 1.21 bits per heavy atom. The van der Waals surface area contributed by atoms with Crippen molar-refractivity contribution in [2.45, 2.75) is 27.4 Å². The van der Waals surface area contributed by atoms with Crippen LogP contribution in [-0.2, 0) is 16.1 Å². The third-order valence-corrected chi connectivity index (χ3v) is 5.28. The normalized spacial score (nSPS) is 10.6. The summed E-state index contributed by atoms with van der Waals surface area (Å²) in [6.45, 7) is 5.32. The van der Waals surface area contributed by atoms with Crippen molar-refractivity contribution < 1.29 is 19.4 Å². The highest BCUT2D eigenvalue weighted by Gasteiger charge is 2.20. The first-order valence-electron chi connectivity index (χ1n) is 8.74. The number of amides is 1. The highest BCUT2D eigenvalue weighted by atomic mass is 35.5. The Hall–Kier alpha value is -2.90. The maximum absolute atomic E-state index is 12.3. The van der Waals surface area contributed by atoms with Gasteiger partial charge in [0.05, 0.1) is 11.4 Å². The van der Waals surface area contributed by atoms with E-state index in [1.54, 1.807) is 5.38 Å². The lowest BCUT2D eigenvalue weighted by Gasteiger charge is -2.20. The standard InChI is InChI=1S/C21H19ClN2O4S/c1-12-4-7-18(13(2)8-12)24(14(3)25)21-23-16(11-29-21)10-28-20(27)17-6-5-15(22)9-19(17)26/h4-9,11,26H,10H2,1-3H3. The van der Waals surface area contributed by atoms with Gasteiger partial charge in [-0.25, -0.2) is 9.78 Å². The highest BCUT2D eigenvalue weighted by Crippen LogP contribution is 2.32. The molecule has 3 aromatic rings. The number of thiazole rings is 1. The van der Waals surface area contributed by atoms with Crippen molar-refractivity contribution in [3.05, 3.63) is 69.2 Å². The molecule has 0 radical (unpaired) electrons. The monoisotopic (exact) mass is 430 g/mol. The van der Waals surface area contributed by atoms with E-state index >= 15 is 0 Å². The molecule has 1 amide bonds. The molecule has 0 unspecified atom stereocenters. The van der Waals surface area contributed by atoms with Crippen LogP contribution in [0.3, 0.4) is 0 Å². The van der Waals surface area contributed by atoms with E-state index in [4.69, 9.17) is 16.3 Å². The third-order valence-electron chi connectivity index (χ3n) is 4.17. The van der Waals surface area contributed by atoms with Crippen LogP contribution in [0.4, 0.5) is 10.8 Å². The molecule has 150 valence electrons. The van der Waals surface area contributed by atoms with Gasteiger partial charge in [0.1, 0.15) is 17.9 Å². The number of aromatic hydroxyl groups is 1. The number of nitrogens with zero attached hydrogens (tertiary/aromatic N) is 2. The smallest absolute Gasteiger partial charge is 0.342 e. The number of carbonyl (C=O) groups is 2. The second-order valence-corrected chi connectivity index (χ2v) is 7.78. The van der Waals surface area contributed by atoms with Crippen molar-refractivity contribution in [3.63, 3.8) is 0 Å². The summed E-state index contributed by atoms with van der Waals surface area (Å²) in [5.41, 5.74) is 3.34. The zero-order valence-electron chi connectivity index (χ0n) is 16.1. The molecule has 1 heterocycles. The average Bonchev–Trinajstić information content (AvgIpc) is 3.10. The van der Waals surface area contributed by atoms with Gasteiger partial charge in [-0.1, -0.05) is 29.3 Å². The van der Waals surface area contributed by atoms with Crippen LogP contribution in [-0.4, -0.2) is 22.0 Å². The van der Waals surface area contributed by atoms with E-state index in [0.717, 1.165) is 16.8 Å². The number of carbonyl (C=O) groups excluding carboxylic acids is 2. The first kappa shape index (κ1) is 20.8. The molecule has 0 saturated heterocycles. The summed E-state index contributed by atoms with van der Waals surface area (Å²) in [5.74, 6) is -1.11. The molecule has 0 aliphatic heterocycles. The van der Waals surface area contributed by atoms with Gasteiger partial charge in [-0.15, -0.1) is 11.3 Å². The second kappa shape index (κ2) is 8.63. The molecule has 1 aromatic heterocycles. The first-order valence-corrected chi connectivity index (χ1v) is 10.00. The Kier molecular flexibility index (Phi) is 6.20. The molecule has 0 bridgehead atoms. The Bertz CT molecular complexity index is 1080. The lowest BCUT2D eigenvalue weighted by Crippen LogP contribution is -2.23. The van der Waals surface area contributed by atoms with Gasteiger partial charge in [0.2, 0.25) is 5.91 Å².